The summed E-state index contributed by atoms with van der Waals surface area (Å²) in [6.07, 6.45) is -0.386. The maximum absolute atomic E-state index is 12.9. The van der Waals surface area contributed by atoms with Crippen LogP contribution in [0.15, 0.2) is 0 Å². The molecule has 9 heteroatoms. The van der Waals surface area contributed by atoms with Gasteiger partial charge in [-0.1, -0.05) is 0 Å². The van der Waals surface area contributed by atoms with Crippen LogP contribution >= 0.6 is 0 Å². The molecule has 144 valence electrons. The number of hydroxylamine groups is 2. The van der Waals surface area contributed by atoms with Gasteiger partial charge in [0.2, 0.25) is 0 Å². The summed E-state index contributed by atoms with van der Waals surface area (Å²) < 4.78 is 7.05. The molecule has 1 unspecified atom stereocenters. The maximum Gasteiger partial charge on any atom is 0.410 e. The highest BCUT2D eigenvalue weighted by Crippen LogP contribution is 2.27. The van der Waals surface area contributed by atoms with E-state index in [1.807, 2.05) is 20.8 Å². The number of amides is 2. The van der Waals surface area contributed by atoms with Gasteiger partial charge in [0.15, 0.2) is 0 Å². The molecule has 0 spiro atoms. The van der Waals surface area contributed by atoms with Crippen LogP contribution in [0.4, 0.5) is 4.79 Å². The number of fused-ring (bicyclic) bond motifs is 3. The van der Waals surface area contributed by atoms with Gasteiger partial charge in [-0.15, -0.1) is 0 Å². The number of carbonyl (C=O) groups is 2. The summed E-state index contributed by atoms with van der Waals surface area (Å²) in [7, 11) is 0. The SMILES string of the molecule is CCN1OC(CO)Cn2nc3c(c2C1=O)CN(C(=O)OC(C)(C)C)CC3. The number of rotatable bonds is 2. The zero-order chi connectivity index (χ0) is 19.1. The largest absolute Gasteiger partial charge is 0.444 e. The van der Waals surface area contributed by atoms with Crippen molar-refractivity contribution >= 4 is 12.0 Å². The molecule has 0 bridgehead atoms. The van der Waals surface area contributed by atoms with Gasteiger partial charge in [-0.05, 0) is 27.7 Å². The van der Waals surface area contributed by atoms with Crippen LogP contribution in [-0.2, 0) is 29.1 Å². The van der Waals surface area contributed by atoms with Crippen LogP contribution in [0.5, 0.6) is 0 Å². The molecule has 3 rings (SSSR count). The van der Waals surface area contributed by atoms with Crippen LogP contribution < -0.4 is 0 Å². The Hall–Kier alpha value is -2.13. The normalized spacial score (nSPS) is 20.5. The molecule has 0 saturated heterocycles. The quantitative estimate of drug-likeness (QED) is 0.837. The fourth-order valence-corrected chi connectivity index (χ4v) is 3.16. The minimum absolute atomic E-state index is 0.211. The van der Waals surface area contributed by atoms with Gasteiger partial charge in [0, 0.05) is 25.1 Å². The van der Waals surface area contributed by atoms with E-state index in [2.05, 4.69) is 5.10 Å². The van der Waals surface area contributed by atoms with Gasteiger partial charge in [0.25, 0.3) is 5.91 Å². The highest BCUT2D eigenvalue weighted by Gasteiger charge is 2.36. The first-order valence-corrected chi connectivity index (χ1v) is 8.89. The molecule has 2 amide bonds. The van der Waals surface area contributed by atoms with Crippen molar-refractivity contribution < 1.29 is 24.3 Å². The second-order valence-corrected chi connectivity index (χ2v) is 7.52. The van der Waals surface area contributed by atoms with Crippen LogP contribution in [0.25, 0.3) is 0 Å². The third-order valence-electron chi connectivity index (χ3n) is 4.33. The van der Waals surface area contributed by atoms with E-state index in [4.69, 9.17) is 9.57 Å². The predicted molar refractivity (Wildman–Crippen MR) is 91.2 cm³/mol. The lowest BCUT2D eigenvalue weighted by atomic mass is 10.1. The number of nitrogens with zero attached hydrogens (tertiary/aromatic N) is 4. The Balaban J connectivity index is 1.91. The number of ether oxygens (including phenoxy) is 1. The van der Waals surface area contributed by atoms with Crippen molar-refractivity contribution in [2.75, 3.05) is 19.7 Å². The molecule has 26 heavy (non-hydrogen) atoms. The number of hydrogen-bond acceptors (Lipinski definition) is 6. The molecule has 0 fully saturated rings. The zero-order valence-electron chi connectivity index (χ0n) is 15.7. The first kappa shape index (κ1) is 18.7. The second-order valence-electron chi connectivity index (χ2n) is 7.52. The lowest BCUT2D eigenvalue weighted by molar-refractivity contribution is -0.171. The lowest BCUT2D eigenvalue weighted by Gasteiger charge is -2.30. The number of aromatic nitrogens is 2. The fourth-order valence-electron chi connectivity index (χ4n) is 3.16. The van der Waals surface area contributed by atoms with E-state index >= 15 is 0 Å². The molecule has 3 heterocycles. The topological polar surface area (TPSA) is 97.1 Å². The maximum atomic E-state index is 12.9. The van der Waals surface area contributed by atoms with Crippen molar-refractivity contribution in [1.29, 1.82) is 0 Å². The van der Waals surface area contributed by atoms with Gasteiger partial charge in [0.05, 0.1) is 25.4 Å². The summed E-state index contributed by atoms with van der Waals surface area (Å²) in [6.45, 7) is 8.45. The smallest absolute Gasteiger partial charge is 0.410 e. The van der Waals surface area contributed by atoms with Crippen molar-refractivity contribution in [3.63, 3.8) is 0 Å². The van der Waals surface area contributed by atoms with Gasteiger partial charge >= 0.3 is 6.09 Å². The summed E-state index contributed by atoms with van der Waals surface area (Å²) in [5.41, 5.74) is 1.38. The number of aliphatic hydroxyl groups excluding tert-OH is 1. The molecule has 1 aromatic rings. The Kier molecular flexibility index (Phi) is 4.94. The van der Waals surface area contributed by atoms with E-state index in [1.165, 1.54) is 5.06 Å². The van der Waals surface area contributed by atoms with Crippen LogP contribution in [-0.4, -0.2) is 68.3 Å². The highest BCUT2D eigenvalue weighted by atomic mass is 16.7. The van der Waals surface area contributed by atoms with E-state index in [9.17, 15) is 14.7 Å². The molecule has 1 atom stereocenters. The van der Waals surface area contributed by atoms with Crippen LogP contribution in [0.1, 0.15) is 49.4 Å². The first-order chi connectivity index (χ1) is 12.2. The summed E-state index contributed by atoms with van der Waals surface area (Å²) in [6, 6.07) is 0. The van der Waals surface area contributed by atoms with Gasteiger partial charge in [-0.3, -0.25) is 14.3 Å². The monoisotopic (exact) mass is 366 g/mol. The van der Waals surface area contributed by atoms with E-state index in [0.29, 0.717) is 25.2 Å². The van der Waals surface area contributed by atoms with E-state index < -0.39 is 17.8 Å². The van der Waals surface area contributed by atoms with Crippen LogP contribution in [0.3, 0.4) is 0 Å². The molecular weight excluding hydrogens is 340 g/mol. The first-order valence-electron chi connectivity index (χ1n) is 8.89. The number of hydrogen-bond donors (Lipinski definition) is 1. The Labute approximate surface area is 152 Å². The van der Waals surface area contributed by atoms with Crippen molar-refractivity contribution in [3.8, 4) is 0 Å². The van der Waals surface area contributed by atoms with Crippen LogP contribution in [0, 0.1) is 0 Å². The number of carbonyl (C=O) groups excluding carboxylic acids is 2. The summed E-state index contributed by atoms with van der Waals surface area (Å²) in [5, 5.41) is 15.3. The van der Waals surface area contributed by atoms with E-state index in [-0.39, 0.29) is 25.6 Å². The van der Waals surface area contributed by atoms with Crippen molar-refractivity contribution in [2.45, 2.75) is 58.9 Å². The summed E-state index contributed by atoms with van der Waals surface area (Å²) in [4.78, 5) is 32.5. The Bertz CT molecular complexity index is 709. The third kappa shape index (κ3) is 3.54. The summed E-state index contributed by atoms with van der Waals surface area (Å²) >= 11 is 0. The van der Waals surface area contributed by atoms with Crippen molar-refractivity contribution in [3.05, 3.63) is 17.0 Å². The Morgan fingerprint density at radius 2 is 2.15 bits per heavy atom. The zero-order valence-corrected chi connectivity index (χ0v) is 15.7. The standard InChI is InChI=1S/C17H26N4O5/c1-5-21-15(23)14-12-9-19(16(24)25-17(2,3)4)7-6-13(12)18-20(14)8-11(10-22)26-21/h11,22H,5-10H2,1-4H3. The van der Waals surface area contributed by atoms with Crippen molar-refractivity contribution in [2.24, 2.45) is 0 Å². The average molecular weight is 366 g/mol. The van der Waals surface area contributed by atoms with Gasteiger partial charge < -0.3 is 14.7 Å². The van der Waals surface area contributed by atoms with E-state index in [1.54, 1.807) is 16.5 Å². The molecular formula is C17H26N4O5. The summed E-state index contributed by atoms with van der Waals surface area (Å²) in [5.74, 6) is -0.303. The molecule has 1 N–H and O–H groups in total. The molecule has 0 saturated carbocycles. The fraction of sp³-hybridized carbons (Fsp3) is 0.706. The van der Waals surface area contributed by atoms with E-state index in [0.717, 1.165) is 11.3 Å². The van der Waals surface area contributed by atoms with Crippen LogP contribution in [0.2, 0.25) is 0 Å². The lowest BCUT2D eigenvalue weighted by Crippen LogP contribution is -2.40. The third-order valence-corrected chi connectivity index (χ3v) is 4.33. The molecule has 9 nitrogen and oxygen atoms in total. The minimum Gasteiger partial charge on any atom is -0.444 e. The second kappa shape index (κ2) is 6.88. The molecule has 0 radical (unpaired) electrons. The van der Waals surface area contributed by atoms with Gasteiger partial charge in [0.1, 0.15) is 17.4 Å². The molecule has 0 aliphatic carbocycles. The van der Waals surface area contributed by atoms with Gasteiger partial charge in [-0.2, -0.15) is 5.10 Å². The molecule has 2 aliphatic heterocycles. The number of aliphatic hydroxyl groups is 1. The predicted octanol–water partition coefficient (Wildman–Crippen LogP) is 0.944. The molecule has 2 aliphatic rings. The Morgan fingerprint density at radius 1 is 1.42 bits per heavy atom. The minimum atomic E-state index is -0.579. The molecule has 1 aromatic heterocycles. The van der Waals surface area contributed by atoms with Crippen molar-refractivity contribution in [1.82, 2.24) is 19.7 Å². The highest BCUT2D eigenvalue weighted by molar-refractivity contribution is 5.94. The Morgan fingerprint density at radius 3 is 2.77 bits per heavy atom. The average Bonchev–Trinajstić information content (AvgIpc) is 2.86. The van der Waals surface area contributed by atoms with Gasteiger partial charge in [-0.25, -0.2) is 9.86 Å². The molecule has 0 aromatic carbocycles.